The number of fused-ring (bicyclic) bond motifs is 6. The molecule has 3 aromatic carbocycles. The minimum absolute atomic E-state index is 0.110. The fraction of sp³-hybridized carbons (Fsp3) is 0.421. The largest absolute Gasteiger partial charge is 0.306 e. The minimum Gasteiger partial charge on any atom is -0.306 e. The maximum atomic E-state index is 16.2. The van der Waals surface area contributed by atoms with Crippen LogP contribution in [0.15, 0.2) is 70.8 Å². The van der Waals surface area contributed by atoms with Crippen molar-refractivity contribution in [3.63, 3.8) is 0 Å². The molecule has 3 saturated carbocycles. The van der Waals surface area contributed by atoms with E-state index < -0.39 is 5.92 Å². The number of rotatable bonds is 4. The van der Waals surface area contributed by atoms with Crippen LogP contribution in [0.5, 0.6) is 0 Å². The number of hydrogen-bond donors (Lipinski definition) is 1. The van der Waals surface area contributed by atoms with Crippen LogP contribution in [-0.2, 0) is 12.3 Å². The van der Waals surface area contributed by atoms with Gasteiger partial charge >= 0.3 is 0 Å². The zero-order chi connectivity index (χ0) is 28.5. The minimum atomic E-state index is -3.04. The average Bonchev–Trinajstić information content (AvgIpc) is 3.68. The van der Waals surface area contributed by atoms with Crippen molar-refractivity contribution >= 4 is 22.7 Å². The monoisotopic (exact) mass is 571 g/mol. The highest BCUT2D eigenvalue weighted by Crippen LogP contribution is 2.60. The fourth-order valence-electron chi connectivity index (χ4n) is 9.41. The summed E-state index contributed by atoms with van der Waals surface area (Å²) in [6.07, 6.45) is 14.0. The molecular formula is C38H35F2N3. The van der Waals surface area contributed by atoms with Gasteiger partial charge in [0.1, 0.15) is 0 Å². The van der Waals surface area contributed by atoms with Gasteiger partial charge in [0.25, 0.3) is 5.92 Å². The van der Waals surface area contributed by atoms with Crippen molar-refractivity contribution in [3.8, 4) is 22.3 Å². The van der Waals surface area contributed by atoms with E-state index in [0.717, 1.165) is 40.8 Å². The van der Waals surface area contributed by atoms with Gasteiger partial charge < -0.3 is 5.32 Å². The summed E-state index contributed by atoms with van der Waals surface area (Å²) in [6, 6.07) is 18.6. The number of benzene rings is 3. The molecule has 43 heavy (non-hydrogen) atoms. The van der Waals surface area contributed by atoms with Gasteiger partial charge in [0.05, 0.1) is 5.69 Å². The van der Waals surface area contributed by atoms with E-state index in [1.165, 1.54) is 68.4 Å². The summed E-state index contributed by atoms with van der Waals surface area (Å²) >= 11 is 0. The third kappa shape index (κ3) is 3.73. The number of alkyl halides is 2. The Bertz CT molecular complexity index is 1830. The Labute approximate surface area is 251 Å². The molecule has 1 spiro atoms. The Morgan fingerprint density at radius 2 is 1.53 bits per heavy atom. The molecule has 0 radical (unpaired) electrons. The van der Waals surface area contributed by atoms with Gasteiger partial charge in [0.15, 0.2) is 0 Å². The van der Waals surface area contributed by atoms with Crippen LogP contribution >= 0.6 is 0 Å². The predicted molar refractivity (Wildman–Crippen MR) is 168 cm³/mol. The summed E-state index contributed by atoms with van der Waals surface area (Å²) < 4.78 is 32.3. The van der Waals surface area contributed by atoms with Crippen molar-refractivity contribution in [2.24, 2.45) is 27.2 Å². The van der Waals surface area contributed by atoms with Crippen molar-refractivity contribution in [1.82, 2.24) is 5.32 Å². The zero-order valence-electron chi connectivity index (χ0n) is 24.3. The standard InChI is InChI=1S/C38H35F2N3/c39-38(40)31-15-22(21-4-8-33-26(13-21)17-35(43-33)36-24-1-5-28(14-24)42-36)2-6-29(31)30-7-3-23(16-32(30)38)27-18-34(41-20-27)25-9-10-37(19-25)11-12-37/h2-4,6-8,13,15-16,20,24-25,28,36,42H,1,5,9-12,14,17-19H2/t24-,25?,28+,36-/m0/s1. The molecule has 3 aliphatic heterocycles. The lowest BCUT2D eigenvalue weighted by atomic mass is 9.92. The lowest BCUT2D eigenvalue weighted by molar-refractivity contribution is 0.0480. The van der Waals surface area contributed by atoms with E-state index in [4.69, 9.17) is 9.98 Å². The van der Waals surface area contributed by atoms with E-state index in [0.29, 0.717) is 40.5 Å². The number of aliphatic imine (C=N–C) groups is 2. The van der Waals surface area contributed by atoms with Gasteiger partial charge in [-0.2, -0.15) is 8.78 Å². The molecule has 7 aliphatic rings. The summed E-state index contributed by atoms with van der Waals surface area (Å²) in [5.41, 5.74) is 10.6. The van der Waals surface area contributed by atoms with Gasteiger partial charge in [-0.05, 0) is 132 Å². The van der Waals surface area contributed by atoms with Crippen LogP contribution < -0.4 is 5.32 Å². The van der Waals surface area contributed by atoms with E-state index >= 15 is 8.78 Å². The van der Waals surface area contributed by atoms with E-state index in [1.54, 1.807) is 12.1 Å². The maximum absolute atomic E-state index is 16.2. The van der Waals surface area contributed by atoms with Gasteiger partial charge in [0.2, 0.25) is 0 Å². The summed E-state index contributed by atoms with van der Waals surface area (Å²) in [5, 5.41) is 3.78. The molecule has 4 aliphatic carbocycles. The highest BCUT2D eigenvalue weighted by molar-refractivity contribution is 6.01. The fourth-order valence-corrected chi connectivity index (χ4v) is 9.41. The molecule has 4 atom stereocenters. The summed E-state index contributed by atoms with van der Waals surface area (Å²) in [7, 11) is 0. The second-order valence-electron chi connectivity index (χ2n) is 14.5. The van der Waals surface area contributed by atoms with E-state index in [9.17, 15) is 0 Å². The third-order valence-electron chi connectivity index (χ3n) is 12.0. The van der Waals surface area contributed by atoms with Gasteiger partial charge in [0, 0.05) is 53.7 Å². The molecule has 2 bridgehead atoms. The molecular weight excluding hydrogens is 536 g/mol. The Morgan fingerprint density at radius 1 is 0.767 bits per heavy atom. The number of allylic oxidation sites excluding steroid dienone is 1. The van der Waals surface area contributed by atoms with Gasteiger partial charge in [-0.1, -0.05) is 30.3 Å². The Hall–Kier alpha value is -3.44. The number of hydrogen-bond acceptors (Lipinski definition) is 3. The first-order valence-electron chi connectivity index (χ1n) is 16.3. The van der Waals surface area contributed by atoms with Crippen molar-refractivity contribution in [1.29, 1.82) is 0 Å². The first-order chi connectivity index (χ1) is 20.9. The van der Waals surface area contributed by atoms with Gasteiger partial charge in [-0.25, -0.2) is 0 Å². The summed E-state index contributed by atoms with van der Waals surface area (Å²) in [4.78, 5) is 9.79. The number of nitrogens with one attached hydrogen (secondary N) is 1. The second-order valence-corrected chi connectivity index (χ2v) is 14.5. The van der Waals surface area contributed by atoms with Crippen LogP contribution in [0, 0.1) is 17.3 Å². The number of nitrogens with zero attached hydrogens (tertiary/aromatic N) is 2. The number of piperidine rings is 1. The summed E-state index contributed by atoms with van der Waals surface area (Å²) in [6.45, 7) is 0. The topological polar surface area (TPSA) is 36.8 Å². The van der Waals surface area contributed by atoms with Crippen molar-refractivity contribution in [3.05, 3.63) is 83.1 Å². The highest BCUT2D eigenvalue weighted by atomic mass is 19.3. The zero-order valence-corrected chi connectivity index (χ0v) is 24.3. The van der Waals surface area contributed by atoms with Crippen molar-refractivity contribution in [2.75, 3.05) is 0 Å². The second kappa shape index (κ2) is 8.59. The van der Waals surface area contributed by atoms with Crippen LogP contribution in [0.1, 0.15) is 80.0 Å². The van der Waals surface area contributed by atoms with Gasteiger partial charge in [-0.15, -0.1) is 0 Å². The van der Waals surface area contributed by atoms with E-state index in [1.807, 2.05) is 36.5 Å². The molecule has 3 heterocycles. The molecule has 0 amide bonds. The smallest absolute Gasteiger partial charge is 0.299 e. The van der Waals surface area contributed by atoms with Crippen LogP contribution in [0.4, 0.5) is 14.5 Å². The van der Waals surface area contributed by atoms with Crippen molar-refractivity contribution in [2.45, 2.75) is 82.2 Å². The van der Waals surface area contributed by atoms with Crippen molar-refractivity contribution < 1.29 is 8.78 Å². The molecule has 216 valence electrons. The maximum Gasteiger partial charge on any atom is 0.299 e. The third-order valence-corrected chi connectivity index (χ3v) is 12.0. The predicted octanol–water partition coefficient (Wildman–Crippen LogP) is 9.01. The highest BCUT2D eigenvalue weighted by Gasteiger charge is 2.49. The van der Waals surface area contributed by atoms with Crippen LogP contribution in [-0.4, -0.2) is 23.5 Å². The van der Waals surface area contributed by atoms with E-state index in [-0.39, 0.29) is 11.1 Å². The molecule has 0 aromatic heterocycles. The van der Waals surface area contributed by atoms with Crippen LogP contribution in [0.25, 0.3) is 27.8 Å². The van der Waals surface area contributed by atoms with Crippen LogP contribution in [0.2, 0.25) is 0 Å². The van der Waals surface area contributed by atoms with Crippen LogP contribution in [0.3, 0.4) is 0 Å². The quantitative estimate of drug-likeness (QED) is 0.333. The molecule has 3 aromatic rings. The SMILES string of the molecule is FC1(F)c2cc(C3=CN=C(C4CCC5(CC5)C4)C3)ccc2-c2ccc(-c3ccc4c(c3)CC([C@H]3N[C@@H]5CC[C@H]3C5)=N4)cc21. The average molecular weight is 572 g/mol. The normalized spacial score (nSPS) is 29.9. The molecule has 5 heteroatoms. The molecule has 4 fully saturated rings. The van der Waals surface area contributed by atoms with Gasteiger partial charge in [-0.3, -0.25) is 9.98 Å². The molecule has 1 unspecified atom stereocenters. The Kier molecular flexibility index (Phi) is 4.99. The summed E-state index contributed by atoms with van der Waals surface area (Å²) in [5.74, 6) is -1.76. The Morgan fingerprint density at radius 3 is 2.28 bits per heavy atom. The molecule has 1 saturated heterocycles. The lowest BCUT2D eigenvalue weighted by Gasteiger charge is -2.23. The molecule has 10 rings (SSSR count). The first-order valence-corrected chi connectivity index (χ1v) is 16.3. The Balaban J connectivity index is 0.901. The molecule has 1 N–H and O–H groups in total. The number of halogens is 2. The lowest BCUT2D eigenvalue weighted by Crippen LogP contribution is -2.41. The van der Waals surface area contributed by atoms with E-state index in [2.05, 4.69) is 17.4 Å². The first kappa shape index (κ1) is 24.9. The molecule has 3 nitrogen and oxygen atoms in total.